The van der Waals surface area contributed by atoms with Gasteiger partial charge in [-0.15, -0.1) is 0 Å². The highest BCUT2D eigenvalue weighted by Crippen LogP contribution is 2.28. The van der Waals surface area contributed by atoms with Crippen molar-refractivity contribution in [1.82, 2.24) is 4.98 Å². The summed E-state index contributed by atoms with van der Waals surface area (Å²) in [4.78, 5) is 17.1. The van der Waals surface area contributed by atoms with Gasteiger partial charge in [0.15, 0.2) is 0 Å². The average molecular weight is 395 g/mol. The first-order valence-corrected chi connectivity index (χ1v) is 10.2. The van der Waals surface area contributed by atoms with Crippen LogP contribution in [0.1, 0.15) is 57.0 Å². The molecule has 0 unspecified atom stereocenters. The summed E-state index contributed by atoms with van der Waals surface area (Å²) >= 11 is 1.54. The predicted molar refractivity (Wildman–Crippen MR) is 120 cm³/mol. The van der Waals surface area contributed by atoms with Gasteiger partial charge in [-0.3, -0.25) is 10.2 Å². The summed E-state index contributed by atoms with van der Waals surface area (Å²) in [5.41, 5.74) is 7.48. The second-order valence-corrected chi connectivity index (χ2v) is 8.83. The molecule has 28 heavy (non-hydrogen) atoms. The lowest BCUT2D eigenvalue weighted by Gasteiger charge is -2.19. The quantitative estimate of drug-likeness (QED) is 0.409. The van der Waals surface area contributed by atoms with Crippen LogP contribution in [0.2, 0.25) is 0 Å². The van der Waals surface area contributed by atoms with Crippen LogP contribution in [0.5, 0.6) is 0 Å². The van der Waals surface area contributed by atoms with Crippen molar-refractivity contribution >= 4 is 44.0 Å². The summed E-state index contributed by atoms with van der Waals surface area (Å²) in [6.07, 6.45) is 0.894. The Morgan fingerprint density at radius 3 is 2.50 bits per heavy atom. The molecule has 3 rings (SSSR count). The van der Waals surface area contributed by atoms with E-state index in [2.05, 4.69) is 48.5 Å². The molecule has 3 aromatic rings. The zero-order chi connectivity index (χ0) is 20.3. The number of rotatable bonds is 5. The van der Waals surface area contributed by atoms with E-state index in [1.54, 1.807) is 0 Å². The Balaban J connectivity index is 1.74. The number of fused-ring (bicyclic) bond motifs is 1. The molecule has 0 bridgehead atoms. The van der Waals surface area contributed by atoms with Gasteiger partial charge in [0.05, 0.1) is 10.2 Å². The molecule has 0 aliphatic carbocycles. The fourth-order valence-electron chi connectivity index (χ4n) is 2.60. The lowest BCUT2D eigenvalue weighted by molar-refractivity contribution is 0.102. The molecule has 6 heteroatoms. The number of nitrogens with one attached hydrogen (secondary N) is 2. The van der Waals surface area contributed by atoms with Crippen LogP contribution in [0.4, 0.5) is 10.8 Å². The molecule has 1 amide bonds. The molecule has 0 aliphatic heterocycles. The van der Waals surface area contributed by atoms with Crippen LogP contribution >= 0.6 is 11.3 Å². The van der Waals surface area contributed by atoms with Crippen molar-refractivity contribution in [1.29, 1.82) is 0 Å². The topological polar surface area (TPSA) is 66.4 Å². The number of benzene rings is 2. The van der Waals surface area contributed by atoms with Crippen LogP contribution in [0.3, 0.4) is 0 Å². The number of thiazole rings is 1. The Bertz CT molecular complexity index is 1010. The molecular weight excluding hydrogens is 368 g/mol. The number of anilines is 2. The molecule has 0 saturated carbocycles. The smallest absolute Gasteiger partial charge is 0.255 e. The summed E-state index contributed by atoms with van der Waals surface area (Å²) in [6.45, 7) is 10.5. The summed E-state index contributed by atoms with van der Waals surface area (Å²) < 4.78 is 1.04. The Morgan fingerprint density at radius 2 is 1.86 bits per heavy atom. The van der Waals surface area contributed by atoms with Crippen LogP contribution in [0.15, 0.2) is 47.6 Å². The minimum absolute atomic E-state index is 0.0656. The monoisotopic (exact) mass is 394 g/mol. The minimum Gasteiger partial charge on any atom is -0.322 e. The fraction of sp³-hybridized carbons (Fsp3) is 0.318. The molecule has 0 radical (unpaired) electrons. The van der Waals surface area contributed by atoms with Crippen molar-refractivity contribution in [3.63, 3.8) is 0 Å². The molecule has 1 aromatic heterocycles. The Morgan fingerprint density at radius 1 is 1.14 bits per heavy atom. The summed E-state index contributed by atoms with van der Waals surface area (Å²) in [5.74, 6) is -0.128. The molecule has 1 heterocycles. The van der Waals surface area contributed by atoms with E-state index in [0.29, 0.717) is 5.56 Å². The van der Waals surface area contributed by atoms with Gasteiger partial charge in [0.1, 0.15) is 0 Å². The van der Waals surface area contributed by atoms with Gasteiger partial charge in [-0.05, 0) is 54.7 Å². The van der Waals surface area contributed by atoms with Crippen LogP contribution < -0.4 is 10.7 Å². The van der Waals surface area contributed by atoms with E-state index >= 15 is 0 Å². The molecule has 2 N–H and O–H groups in total. The van der Waals surface area contributed by atoms with E-state index in [1.165, 1.54) is 16.9 Å². The lowest BCUT2D eigenvalue weighted by Crippen LogP contribution is -2.14. The van der Waals surface area contributed by atoms with Crippen LogP contribution in [-0.4, -0.2) is 16.6 Å². The number of carbonyl (C=O) groups is 1. The van der Waals surface area contributed by atoms with Crippen molar-refractivity contribution in [2.24, 2.45) is 5.10 Å². The van der Waals surface area contributed by atoms with Crippen LogP contribution in [0.25, 0.3) is 10.2 Å². The number of hydrazone groups is 1. The fourth-order valence-corrected chi connectivity index (χ4v) is 3.39. The molecule has 0 aliphatic rings. The van der Waals surface area contributed by atoms with Crippen LogP contribution in [-0.2, 0) is 5.41 Å². The van der Waals surface area contributed by atoms with Gasteiger partial charge < -0.3 is 5.32 Å². The van der Waals surface area contributed by atoms with E-state index in [0.717, 1.165) is 33.2 Å². The first kappa shape index (κ1) is 20.0. The molecule has 0 fully saturated rings. The highest BCUT2D eigenvalue weighted by atomic mass is 32.1. The van der Waals surface area contributed by atoms with Gasteiger partial charge in [-0.1, -0.05) is 51.2 Å². The number of hydrogen-bond acceptors (Lipinski definition) is 5. The second-order valence-electron chi connectivity index (χ2n) is 7.80. The molecule has 5 nitrogen and oxygen atoms in total. The summed E-state index contributed by atoms with van der Waals surface area (Å²) in [5, 5.41) is 7.98. The standard InChI is InChI=1S/C22H26N4OS/c1-6-14(2)25-26-21-24-18-13-17(11-12-19(18)28-21)23-20(27)15-7-9-16(10-8-15)22(3,4)5/h7-13H,6H2,1-5H3,(H,23,27)(H,24,26)/b25-14+. The largest absolute Gasteiger partial charge is 0.322 e. The van der Waals surface area contributed by atoms with Crippen molar-refractivity contribution in [2.75, 3.05) is 10.7 Å². The second kappa shape index (κ2) is 8.10. The van der Waals surface area contributed by atoms with E-state index in [9.17, 15) is 4.79 Å². The lowest BCUT2D eigenvalue weighted by atomic mass is 9.87. The maximum Gasteiger partial charge on any atom is 0.255 e. The maximum atomic E-state index is 12.6. The molecule has 0 spiro atoms. The van der Waals surface area contributed by atoms with Gasteiger partial charge in [0, 0.05) is 17.0 Å². The summed E-state index contributed by atoms with van der Waals surface area (Å²) in [6, 6.07) is 13.5. The first-order valence-electron chi connectivity index (χ1n) is 9.38. The third-order valence-electron chi connectivity index (χ3n) is 4.51. The maximum absolute atomic E-state index is 12.6. The van der Waals surface area contributed by atoms with E-state index in [1.807, 2.05) is 49.4 Å². The SMILES string of the molecule is CC/C(C)=N/Nc1nc2cc(NC(=O)c3ccc(C(C)(C)C)cc3)ccc2s1. The van der Waals surface area contributed by atoms with Crippen molar-refractivity contribution in [3.05, 3.63) is 53.6 Å². The first-order chi connectivity index (χ1) is 13.3. The average Bonchev–Trinajstić information content (AvgIpc) is 3.07. The number of nitrogens with zero attached hydrogens (tertiary/aromatic N) is 2. The number of amides is 1. The van der Waals surface area contributed by atoms with Gasteiger partial charge in [-0.25, -0.2) is 4.98 Å². The number of hydrogen-bond donors (Lipinski definition) is 2. The van der Waals surface area contributed by atoms with E-state index < -0.39 is 0 Å². The Kier molecular flexibility index (Phi) is 5.79. The predicted octanol–water partition coefficient (Wildman–Crippen LogP) is 6.04. The third kappa shape index (κ3) is 4.75. The molecule has 0 atom stereocenters. The molecule has 2 aromatic carbocycles. The van der Waals surface area contributed by atoms with E-state index in [4.69, 9.17) is 0 Å². The van der Waals surface area contributed by atoms with Crippen molar-refractivity contribution in [3.8, 4) is 0 Å². The zero-order valence-corrected chi connectivity index (χ0v) is 17.8. The highest BCUT2D eigenvalue weighted by Gasteiger charge is 2.14. The molecule has 0 saturated heterocycles. The Labute approximate surface area is 169 Å². The summed E-state index contributed by atoms with van der Waals surface area (Å²) in [7, 11) is 0. The van der Waals surface area contributed by atoms with Gasteiger partial charge in [0.2, 0.25) is 5.13 Å². The highest BCUT2D eigenvalue weighted by molar-refractivity contribution is 7.22. The normalized spacial score (nSPS) is 12.2. The third-order valence-corrected chi connectivity index (χ3v) is 5.45. The molecular formula is C22H26N4OS. The Hall–Kier alpha value is -2.73. The minimum atomic E-state index is -0.128. The van der Waals surface area contributed by atoms with Crippen molar-refractivity contribution < 1.29 is 4.79 Å². The van der Waals surface area contributed by atoms with Crippen molar-refractivity contribution in [2.45, 2.75) is 46.5 Å². The zero-order valence-electron chi connectivity index (χ0n) is 17.0. The number of aromatic nitrogens is 1. The number of carbonyl (C=O) groups excluding carboxylic acids is 1. The van der Waals surface area contributed by atoms with Gasteiger partial charge >= 0.3 is 0 Å². The van der Waals surface area contributed by atoms with Gasteiger partial charge in [0.25, 0.3) is 5.91 Å². The van der Waals surface area contributed by atoms with Gasteiger partial charge in [-0.2, -0.15) is 5.10 Å². The van der Waals surface area contributed by atoms with Crippen LogP contribution in [0, 0.1) is 0 Å². The van der Waals surface area contributed by atoms with E-state index in [-0.39, 0.29) is 11.3 Å². The molecule has 146 valence electrons.